The maximum atomic E-state index is 4.65. The van der Waals surface area contributed by atoms with Crippen molar-refractivity contribution in [3.05, 3.63) is 22.6 Å². The van der Waals surface area contributed by atoms with Crippen LogP contribution in [0.4, 0.5) is 5.95 Å². The molecule has 0 amide bonds. The van der Waals surface area contributed by atoms with E-state index < -0.39 is 0 Å². The lowest BCUT2D eigenvalue weighted by molar-refractivity contribution is 0.965. The number of hydrogen-bond donors (Lipinski definition) is 1. The molecule has 96 valence electrons. The standard InChI is InChI=1S/C13H19N5/c1-7-8(2)14-13(18(5)6)15-12(7)11-9(3)16-17-10(11)4/h1-6H3,(H,16,17). The molecule has 5 heteroatoms. The number of hydrogen-bond acceptors (Lipinski definition) is 4. The van der Waals surface area contributed by atoms with E-state index in [0.717, 1.165) is 39.9 Å². The fourth-order valence-corrected chi connectivity index (χ4v) is 1.96. The van der Waals surface area contributed by atoms with Crippen molar-refractivity contribution in [3.63, 3.8) is 0 Å². The number of aromatic nitrogens is 4. The van der Waals surface area contributed by atoms with Gasteiger partial charge in [-0.15, -0.1) is 0 Å². The van der Waals surface area contributed by atoms with Gasteiger partial charge >= 0.3 is 0 Å². The van der Waals surface area contributed by atoms with Crippen LogP contribution in [-0.2, 0) is 0 Å². The highest BCUT2D eigenvalue weighted by Crippen LogP contribution is 2.28. The van der Waals surface area contributed by atoms with Crippen molar-refractivity contribution < 1.29 is 0 Å². The van der Waals surface area contributed by atoms with Crippen LogP contribution in [0.3, 0.4) is 0 Å². The van der Waals surface area contributed by atoms with E-state index in [0.29, 0.717) is 0 Å². The highest BCUT2D eigenvalue weighted by Gasteiger charge is 2.16. The minimum atomic E-state index is 0.730. The summed E-state index contributed by atoms with van der Waals surface area (Å²) < 4.78 is 0. The zero-order chi connectivity index (χ0) is 13.4. The van der Waals surface area contributed by atoms with Gasteiger partial charge in [-0.2, -0.15) is 5.10 Å². The van der Waals surface area contributed by atoms with Gasteiger partial charge in [-0.25, -0.2) is 9.97 Å². The Morgan fingerprint density at radius 3 is 2.11 bits per heavy atom. The van der Waals surface area contributed by atoms with Gasteiger partial charge in [-0.05, 0) is 33.3 Å². The van der Waals surface area contributed by atoms with Crippen LogP contribution >= 0.6 is 0 Å². The predicted molar refractivity (Wildman–Crippen MR) is 72.9 cm³/mol. The van der Waals surface area contributed by atoms with Gasteiger partial charge in [0.1, 0.15) is 0 Å². The Hall–Kier alpha value is -1.91. The van der Waals surface area contributed by atoms with E-state index in [9.17, 15) is 0 Å². The first-order chi connectivity index (χ1) is 8.41. The number of anilines is 1. The van der Waals surface area contributed by atoms with Crippen molar-refractivity contribution >= 4 is 5.95 Å². The lowest BCUT2D eigenvalue weighted by Crippen LogP contribution is -2.14. The van der Waals surface area contributed by atoms with E-state index in [1.807, 2.05) is 39.8 Å². The largest absolute Gasteiger partial charge is 0.347 e. The quantitative estimate of drug-likeness (QED) is 0.881. The van der Waals surface area contributed by atoms with Crippen molar-refractivity contribution in [1.29, 1.82) is 0 Å². The summed E-state index contributed by atoms with van der Waals surface area (Å²) in [5.74, 6) is 0.730. The average Bonchev–Trinajstić information content (AvgIpc) is 2.62. The third-order valence-corrected chi connectivity index (χ3v) is 3.14. The van der Waals surface area contributed by atoms with Crippen molar-refractivity contribution in [2.75, 3.05) is 19.0 Å². The second-order valence-corrected chi connectivity index (χ2v) is 4.79. The topological polar surface area (TPSA) is 57.7 Å². The Labute approximate surface area is 107 Å². The monoisotopic (exact) mass is 245 g/mol. The molecule has 2 aromatic heterocycles. The maximum Gasteiger partial charge on any atom is 0.225 e. The number of aryl methyl sites for hydroxylation is 3. The molecule has 0 saturated heterocycles. The third-order valence-electron chi connectivity index (χ3n) is 3.14. The highest BCUT2D eigenvalue weighted by atomic mass is 15.2. The summed E-state index contributed by atoms with van der Waals surface area (Å²) in [5.41, 5.74) is 6.17. The van der Waals surface area contributed by atoms with E-state index in [2.05, 4.69) is 27.1 Å². The Morgan fingerprint density at radius 1 is 0.944 bits per heavy atom. The van der Waals surface area contributed by atoms with Gasteiger partial charge < -0.3 is 4.90 Å². The summed E-state index contributed by atoms with van der Waals surface area (Å²) in [5, 5.41) is 7.25. The summed E-state index contributed by atoms with van der Waals surface area (Å²) >= 11 is 0. The van der Waals surface area contributed by atoms with Crippen LogP contribution in [0.25, 0.3) is 11.3 Å². The summed E-state index contributed by atoms with van der Waals surface area (Å²) in [4.78, 5) is 11.1. The Morgan fingerprint density at radius 2 is 1.61 bits per heavy atom. The van der Waals surface area contributed by atoms with E-state index >= 15 is 0 Å². The number of nitrogens with zero attached hydrogens (tertiary/aromatic N) is 4. The molecule has 0 fully saturated rings. The fourth-order valence-electron chi connectivity index (χ4n) is 1.96. The normalized spacial score (nSPS) is 10.8. The molecule has 0 aliphatic rings. The number of nitrogens with one attached hydrogen (secondary N) is 1. The van der Waals surface area contributed by atoms with Crippen LogP contribution in [0.1, 0.15) is 22.6 Å². The molecular formula is C13H19N5. The molecule has 5 nitrogen and oxygen atoms in total. The molecule has 2 aromatic rings. The summed E-state index contributed by atoms with van der Waals surface area (Å²) in [7, 11) is 3.89. The zero-order valence-corrected chi connectivity index (χ0v) is 11.8. The maximum absolute atomic E-state index is 4.65. The molecule has 0 aliphatic heterocycles. The molecule has 0 saturated carbocycles. The van der Waals surface area contributed by atoms with Gasteiger partial charge in [0.2, 0.25) is 5.95 Å². The molecule has 0 bridgehead atoms. The molecule has 0 radical (unpaired) electrons. The Kier molecular flexibility index (Phi) is 3.07. The molecular weight excluding hydrogens is 226 g/mol. The Balaban J connectivity index is 2.71. The predicted octanol–water partition coefficient (Wildman–Crippen LogP) is 2.17. The van der Waals surface area contributed by atoms with Gasteiger partial charge in [0.05, 0.1) is 11.4 Å². The van der Waals surface area contributed by atoms with Gasteiger partial charge in [0.25, 0.3) is 0 Å². The smallest absolute Gasteiger partial charge is 0.225 e. The minimum Gasteiger partial charge on any atom is -0.347 e. The summed E-state index contributed by atoms with van der Waals surface area (Å²) in [6, 6.07) is 0. The molecule has 2 rings (SSSR count). The van der Waals surface area contributed by atoms with Crippen LogP contribution in [0, 0.1) is 27.7 Å². The van der Waals surface area contributed by atoms with Gasteiger partial charge in [0, 0.05) is 31.0 Å². The first-order valence-electron chi connectivity index (χ1n) is 5.96. The minimum absolute atomic E-state index is 0.730. The van der Waals surface area contributed by atoms with Crippen LogP contribution in [0.5, 0.6) is 0 Å². The van der Waals surface area contributed by atoms with Gasteiger partial charge in [-0.3, -0.25) is 5.10 Å². The number of aromatic amines is 1. The lowest BCUT2D eigenvalue weighted by Gasteiger charge is -2.15. The zero-order valence-electron chi connectivity index (χ0n) is 11.8. The number of H-pyrrole nitrogens is 1. The Bertz CT molecular complexity index is 564. The SMILES string of the molecule is Cc1nc(N(C)C)nc(-c2c(C)n[nH]c2C)c1C. The van der Waals surface area contributed by atoms with Crippen LogP contribution in [0.15, 0.2) is 0 Å². The van der Waals surface area contributed by atoms with Crippen molar-refractivity contribution in [2.45, 2.75) is 27.7 Å². The van der Waals surface area contributed by atoms with E-state index in [1.165, 1.54) is 0 Å². The lowest BCUT2D eigenvalue weighted by atomic mass is 10.0. The van der Waals surface area contributed by atoms with Gasteiger partial charge in [-0.1, -0.05) is 0 Å². The molecule has 1 N–H and O–H groups in total. The van der Waals surface area contributed by atoms with Crippen LogP contribution in [-0.4, -0.2) is 34.3 Å². The van der Waals surface area contributed by atoms with Crippen LogP contribution < -0.4 is 4.90 Å². The van der Waals surface area contributed by atoms with Crippen LogP contribution in [0.2, 0.25) is 0 Å². The van der Waals surface area contributed by atoms with Crippen molar-refractivity contribution in [1.82, 2.24) is 20.2 Å². The summed E-state index contributed by atoms with van der Waals surface area (Å²) in [6.45, 7) is 8.07. The number of rotatable bonds is 2. The first kappa shape index (κ1) is 12.5. The summed E-state index contributed by atoms with van der Waals surface area (Å²) in [6.07, 6.45) is 0. The molecule has 0 spiro atoms. The van der Waals surface area contributed by atoms with E-state index in [4.69, 9.17) is 0 Å². The molecule has 0 atom stereocenters. The molecule has 2 heterocycles. The second-order valence-electron chi connectivity index (χ2n) is 4.79. The highest BCUT2D eigenvalue weighted by molar-refractivity contribution is 5.69. The van der Waals surface area contributed by atoms with Gasteiger partial charge in [0.15, 0.2) is 0 Å². The molecule has 0 unspecified atom stereocenters. The second kappa shape index (κ2) is 4.40. The molecule has 0 aromatic carbocycles. The molecule has 0 aliphatic carbocycles. The van der Waals surface area contributed by atoms with Crippen molar-refractivity contribution in [2.24, 2.45) is 0 Å². The van der Waals surface area contributed by atoms with E-state index in [-0.39, 0.29) is 0 Å². The van der Waals surface area contributed by atoms with E-state index in [1.54, 1.807) is 0 Å². The first-order valence-corrected chi connectivity index (χ1v) is 5.96. The molecule has 18 heavy (non-hydrogen) atoms. The van der Waals surface area contributed by atoms with Crippen molar-refractivity contribution in [3.8, 4) is 11.3 Å². The average molecular weight is 245 g/mol. The fraction of sp³-hybridized carbons (Fsp3) is 0.462. The third kappa shape index (κ3) is 1.96.